The van der Waals surface area contributed by atoms with Gasteiger partial charge in [-0.15, -0.1) is 0 Å². The maximum atomic E-state index is 10.4. The van der Waals surface area contributed by atoms with Crippen molar-refractivity contribution in [1.29, 1.82) is 0 Å². The van der Waals surface area contributed by atoms with Crippen LogP contribution < -0.4 is 5.73 Å². The molecule has 0 bridgehead atoms. The molecule has 0 amide bonds. The molecule has 0 spiro atoms. The van der Waals surface area contributed by atoms with Gasteiger partial charge in [0.2, 0.25) is 0 Å². The van der Waals surface area contributed by atoms with Crippen molar-refractivity contribution in [3.05, 3.63) is 36.1 Å². The number of allylic oxidation sites excluding steroid dienone is 2. The summed E-state index contributed by atoms with van der Waals surface area (Å²) < 4.78 is 0. The Labute approximate surface area is 70.3 Å². The van der Waals surface area contributed by atoms with Crippen molar-refractivity contribution >= 4 is 5.97 Å². The Hall–Kier alpha value is -1.55. The molecule has 0 aliphatic heterocycles. The van der Waals surface area contributed by atoms with E-state index in [1.54, 1.807) is 0 Å². The molecule has 0 aliphatic rings. The molecule has 0 fully saturated rings. The Morgan fingerprint density at radius 2 is 2.08 bits per heavy atom. The smallest absolute Gasteiger partial charge is 0.339 e. The number of hydrogen-bond donors (Lipinski definition) is 3. The van der Waals surface area contributed by atoms with E-state index in [4.69, 9.17) is 15.9 Å². The number of carboxylic acid groups (broad SMARTS) is 1. The van der Waals surface area contributed by atoms with E-state index in [9.17, 15) is 4.79 Å². The van der Waals surface area contributed by atoms with Crippen LogP contribution in [0, 0.1) is 0 Å². The lowest BCUT2D eigenvalue weighted by molar-refractivity contribution is -0.132. The van der Waals surface area contributed by atoms with Crippen molar-refractivity contribution in [2.75, 3.05) is 6.54 Å². The first-order valence-electron chi connectivity index (χ1n) is 3.29. The van der Waals surface area contributed by atoms with Crippen LogP contribution in [0.15, 0.2) is 36.1 Å². The predicted octanol–water partition coefficient (Wildman–Crippen LogP) is 0.584. The molecule has 0 aromatic carbocycles. The molecule has 0 unspecified atom stereocenters. The molecule has 0 saturated carbocycles. The van der Waals surface area contributed by atoms with E-state index in [1.165, 1.54) is 18.2 Å². The van der Waals surface area contributed by atoms with Crippen molar-refractivity contribution in [3.8, 4) is 0 Å². The van der Waals surface area contributed by atoms with E-state index < -0.39 is 5.97 Å². The molecule has 4 nitrogen and oxygen atoms in total. The molecule has 66 valence electrons. The molecule has 0 radical (unpaired) electrons. The van der Waals surface area contributed by atoms with Gasteiger partial charge in [0, 0.05) is 6.54 Å². The lowest BCUT2D eigenvalue weighted by atomic mass is 10.2. The fourth-order valence-corrected chi connectivity index (χ4v) is 0.606. The van der Waals surface area contributed by atoms with Crippen LogP contribution in [-0.2, 0) is 4.79 Å². The minimum Gasteiger partial charge on any atom is -0.507 e. The van der Waals surface area contributed by atoms with Gasteiger partial charge >= 0.3 is 5.97 Å². The van der Waals surface area contributed by atoms with Crippen molar-refractivity contribution in [1.82, 2.24) is 0 Å². The van der Waals surface area contributed by atoms with E-state index in [0.29, 0.717) is 0 Å². The number of hydrogen-bond acceptors (Lipinski definition) is 3. The molecule has 0 aliphatic carbocycles. The van der Waals surface area contributed by atoms with Gasteiger partial charge in [-0.2, -0.15) is 0 Å². The summed E-state index contributed by atoms with van der Waals surface area (Å²) >= 11 is 0. The third-order valence-corrected chi connectivity index (χ3v) is 1.10. The zero-order valence-corrected chi connectivity index (χ0v) is 6.53. The second kappa shape index (κ2) is 5.15. The molecule has 0 atom stereocenters. The fourth-order valence-electron chi connectivity index (χ4n) is 0.606. The van der Waals surface area contributed by atoms with Gasteiger partial charge in [0.15, 0.2) is 0 Å². The first-order chi connectivity index (χ1) is 5.63. The normalized spacial score (nSPS) is 12.8. The van der Waals surface area contributed by atoms with Gasteiger partial charge in [-0.1, -0.05) is 12.7 Å². The van der Waals surface area contributed by atoms with Gasteiger partial charge in [-0.3, -0.25) is 0 Å². The average molecular weight is 169 g/mol. The van der Waals surface area contributed by atoms with Gasteiger partial charge < -0.3 is 15.9 Å². The summed E-state index contributed by atoms with van der Waals surface area (Å²) in [6, 6.07) is 0. The van der Waals surface area contributed by atoms with Gasteiger partial charge in [0.1, 0.15) is 11.3 Å². The predicted molar refractivity (Wildman–Crippen MR) is 45.7 cm³/mol. The Balaban J connectivity index is 4.75. The Morgan fingerprint density at radius 1 is 1.50 bits per heavy atom. The van der Waals surface area contributed by atoms with Gasteiger partial charge in [-0.05, 0) is 12.2 Å². The van der Waals surface area contributed by atoms with Gasteiger partial charge in [0.05, 0.1) is 0 Å². The highest BCUT2D eigenvalue weighted by Gasteiger charge is 2.09. The molecule has 12 heavy (non-hydrogen) atoms. The molecular formula is C8H11NO3. The highest BCUT2D eigenvalue weighted by Crippen LogP contribution is 2.05. The summed E-state index contributed by atoms with van der Waals surface area (Å²) in [6.45, 7) is 3.41. The highest BCUT2D eigenvalue weighted by molar-refractivity contribution is 5.91. The lowest BCUT2D eigenvalue weighted by Gasteiger charge is -1.98. The largest absolute Gasteiger partial charge is 0.507 e. The van der Waals surface area contributed by atoms with Crippen LogP contribution in [0.5, 0.6) is 0 Å². The van der Waals surface area contributed by atoms with Crippen LogP contribution in [0.2, 0.25) is 0 Å². The van der Waals surface area contributed by atoms with Crippen molar-refractivity contribution in [2.45, 2.75) is 0 Å². The first kappa shape index (κ1) is 10.4. The second-order valence-electron chi connectivity index (χ2n) is 1.95. The van der Waals surface area contributed by atoms with Crippen molar-refractivity contribution in [2.24, 2.45) is 5.73 Å². The van der Waals surface area contributed by atoms with E-state index in [-0.39, 0.29) is 17.9 Å². The summed E-state index contributed by atoms with van der Waals surface area (Å²) in [5.74, 6) is -1.55. The van der Waals surface area contributed by atoms with Crippen LogP contribution in [0.3, 0.4) is 0 Å². The third kappa shape index (κ3) is 3.03. The Bertz CT molecular complexity index is 241. The zero-order valence-electron chi connectivity index (χ0n) is 6.53. The van der Waals surface area contributed by atoms with Crippen LogP contribution in [0.25, 0.3) is 0 Å². The van der Waals surface area contributed by atoms with Gasteiger partial charge in [0.25, 0.3) is 0 Å². The van der Waals surface area contributed by atoms with Crippen LogP contribution >= 0.6 is 0 Å². The molecule has 0 heterocycles. The minimum absolute atomic E-state index is 0.0909. The number of carboxylic acids is 1. The molecule has 0 aromatic heterocycles. The lowest BCUT2D eigenvalue weighted by Crippen LogP contribution is -2.05. The maximum Gasteiger partial charge on any atom is 0.339 e. The molecular weight excluding hydrogens is 158 g/mol. The van der Waals surface area contributed by atoms with E-state index >= 15 is 0 Å². The Morgan fingerprint density at radius 3 is 2.42 bits per heavy atom. The summed E-state index contributed by atoms with van der Waals surface area (Å²) in [5, 5.41) is 17.6. The number of aliphatic hydroxyl groups excluding tert-OH is 1. The van der Waals surface area contributed by atoms with Crippen molar-refractivity contribution in [3.63, 3.8) is 0 Å². The van der Waals surface area contributed by atoms with Crippen LogP contribution in [0.4, 0.5) is 0 Å². The van der Waals surface area contributed by atoms with E-state index in [2.05, 4.69) is 6.58 Å². The zero-order chi connectivity index (χ0) is 9.56. The monoisotopic (exact) mass is 169 g/mol. The summed E-state index contributed by atoms with van der Waals surface area (Å²) in [6.07, 6.45) is 3.69. The Kier molecular flexibility index (Phi) is 4.48. The quantitative estimate of drug-likeness (QED) is 0.326. The standard InChI is InChI=1S/C8H11NO3/c1-2-3-6(8(11)12)7(10)4-5-9/h2-4,10H,1,5,9H2,(H,11,12)/b6-3+,7-4-. The van der Waals surface area contributed by atoms with Crippen LogP contribution in [0.1, 0.15) is 0 Å². The highest BCUT2D eigenvalue weighted by atomic mass is 16.4. The third-order valence-electron chi connectivity index (χ3n) is 1.10. The maximum absolute atomic E-state index is 10.4. The van der Waals surface area contributed by atoms with E-state index in [1.807, 2.05) is 0 Å². The molecule has 4 heteroatoms. The summed E-state index contributed by atoms with van der Waals surface area (Å²) in [5.41, 5.74) is 4.87. The summed E-state index contributed by atoms with van der Waals surface area (Å²) in [4.78, 5) is 10.4. The second-order valence-corrected chi connectivity index (χ2v) is 1.95. The summed E-state index contributed by atoms with van der Waals surface area (Å²) in [7, 11) is 0. The van der Waals surface area contributed by atoms with E-state index in [0.717, 1.165) is 0 Å². The number of carbonyl (C=O) groups is 1. The SMILES string of the molecule is C=C/C=C(C(=O)O)\C(O)=C\CN. The average Bonchev–Trinajstić information content (AvgIpc) is 1.99. The molecule has 0 saturated heterocycles. The van der Waals surface area contributed by atoms with Crippen molar-refractivity contribution < 1.29 is 15.0 Å². The molecule has 0 aromatic rings. The number of rotatable bonds is 4. The minimum atomic E-state index is -1.21. The molecule has 4 N–H and O–H groups in total. The number of aliphatic hydroxyl groups is 1. The topological polar surface area (TPSA) is 83.5 Å². The first-order valence-corrected chi connectivity index (χ1v) is 3.29. The number of aliphatic carboxylic acids is 1. The number of nitrogens with two attached hydrogens (primary N) is 1. The van der Waals surface area contributed by atoms with Gasteiger partial charge in [-0.25, -0.2) is 4.79 Å². The van der Waals surface area contributed by atoms with Crippen LogP contribution in [-0.4, -0.2) is 22.7 Å². The fraction of sp³-hybridized carbons (Fsp3) is 0.125. The molecule has 0 rings (SSSR count).